The smallest absolute Gasteiger partial charge is 0.477 e. The molecule has 2 fully saturated rings. The van der Waals surface area contributed by atoms with Gasteiger partial charge in [-0.05, 0) is 98.0 Å². The number of nitrogens with zero attached hydrogens (tertiary/aromatic N) is 1. The number of aryl methyl sites for hydroxylation is 1. The van der Waals surface area contributed by atoms with E-state index in [9.17, 15) is 24.3 Å². The van der Waals surface area contributed by atoms with Crippen LogP contribution in [0, 0.1) is 12.8 Å². The third-order valence-corrected chi connectivity index (χ3v) is 10.3. The molecule has 13 nitrogen and oxygen atoms in total. The lowest BCUT2D eigenvalue weighted by molar-refractivity contribution is -0.168. The fourth-order valence-electron chi connectivity index (χ4n) is 8.43. The average Bonchev–Trinajstić information content (AvgIpc) is 3.50. The van der Waals surface area contributed by atoms with Crippen LogP contribution < -0.4 is 14.8 Å². The Hall–Kier alpha value is -4.62. The molecule has 0 aromatic heterocycles. The topological polar surface area (TPSA) is 159 Å². The number of alkyl carbamates (subject to hydrolysis) is 1. The fourth-order valence-corrected chi connectivity index (χ4v) is 8.43. The number of rotatable bonds is 8. The van der Waals surface area contributed by atoms with Crippen molar-refractivity contribution in [3.05, 3.63) is 71.0 Å². The SMILES string of the molecule is Cc1ccc(OC(=O)OC(C)(C)C)c2c1[C@]13CC4CN(C)[C@H]4[C@]1(O)CC=C(OC(=O)[C@H](C)OC(=O)[C@H](Cc1ccccc1)NC(=O)OC(C)(C)C)[C@@H]3O2. The number of ether oxygens (including phenoxy) is 6. The number of carbonyl (C=O) groups excluding carboxylic acids is 4. The maximum absolute atomic E-state index is 13.7. The molecule has 2 aliphatic carbocycles. The zero-order valence-corrected chi connectivity index (χ0v) is 31.8. The molecule has 286 valence electrons. The molecular weight excluding hydrogens is 684 g/mol. The predicted molar refractivity (Wildman–Crippen MR) is 191 cm³/mol. The van der Waals surface area contributed by atoms with Crippen LogP contribution in [0.1, 0.15) is 78.0 Å². The lowest BCUT2D eigenvalue weighted by Crippen LogP contribution is -2.67. The first-order valence-electron chi connectivity index (χ1n) is 18.0. The van der Waals surface area contributed by atoms with Crippen LogP contribution in [0.4, 0.5) is 9.59 Å². The van der Waals surface area contributed by atoms with Gasteiger partial charge in [-0.2, -0.15) is 0 Å². The summed E-state index contributed by atoms with van der Waals surface area (Å²) in [5.41, 5.74) is -1.71. The van der Waals surface area contributed by atoms with Crippen molar-refractivity contribution in [2.75, 3.05) is 13.6 Å². The van der Waals surface area contributed by atoms with Gasteiger partial charge in [0.15, 0.2) is 23.7 Å². The van der Waals surface area contributed by atoms with Crippen molar-refractivity contribution in [2.45, 2.75) is 121 Å². The Balaban J connectivity index is 1.25. The fraction of sp³-hybridized carbons (Fsp3) is 0.550. The van der Waals surface area contributed by atoms with Crippen molar-refractivity contribution in [1.29, 1.82) is 0 Å². The van der Waals surface area contributed by atoms with Gasteiger partial charge < -0.3 is 38.8 Å². The number of hydrogen-bond acceptors (Lipinski definition) is 12. The zero-order valence-electron chi connectivity index (χ0n) is 31.8. The second kappa shape index (κ2) is 13.7. The molecule has 1 unspecified atom stereocenters. The van der Waals surface area contributed by atoms with E-state index in [1.165, 1.54) is 6.92 Å². The molecule has 53 heavy (non-hydrogen) atoms. The number of fused-ring (bicyclic) bond motifs is 3. The summed E-state index contributed by atoms with van der Waals surface area (Å²) >= 11 is 0. The van der Waals surface area contributed by atoms with Gasteiger partial charge in [-0.25, -0.2) is 19.2 Å². The standard InChI is InChI=1S/C40H50N2O11/c1-22-15-16-27(50-36(46)53-38(6,7)8)30-29(22)39-20-25-21-42(9)31(25)40(39,47)18-17-28(32(39)51-30)49-33(43)23(2)48-34(44)26(19-24-13-11-10-12-14-24)41-35(45)52-37(3,4)5/h10-17,23,25-26,31-32,47H,18-21H2,1-9H3,(H,41,45)/t23-,25?,26-,31+,32-,39-,40+/m0/s1. The van der Waals surface area contributed by atoms with E-state index in [-0.39, 0.29) is 42.1 Å². The van der Waals surface area contributed by atoms with Gasteiger partial charge in [-0.1, -0.05) is 36.4 Å². The maximum atomic E-state index is 13.7. The van der Waals surface area contributed by atoms with E-state index < -0.39 is 64.7 Å². The van der Waals surface area contributed by atoms with Gasteiger partial charge in [0, 0.05) is 31.0 Å². The largest absolute Gasteiger partial charge is 0.514 e. The molecule has 6 rings (SSSR count). The normalized spacial score (nSPS) is 26.8. The van der Waals surface area contributed by atoms with Crippen LogP contribution in [0.2, 0.25) is 0 Å². The van der Waals surface area contributed by atoms with Crippen LogP contribution >= 0.6 is 0 Å². The molecule has 0 bridgehead atoms. The van der Waals surface area contributed by atoms with Crippen molar-refractivity contribution in [3.8, 4) is 11.5 Å². The number of hydrogen-bond donors (Lipinski definition) is 2. The van der Waals surface area contributed by atoms with E-state index >= 15 is 0 Å². The van der Waals surface area contributed by atoms with Crippen molar-refractivity contribution in [2.24, 2.45) is 5.92 Å². The highest BCUT2D eigenvalue weighted by Crippen LogP contribution is 2.68. The first kappa shape index (κ1) is 38.1. The highest BCUT2D eigenvalue weighted by atomic mass is 16.7. The molecular formula is C40H50N2O11. The van der Waals surface area contributed by atoms with Crippen molar-refractivity contribution < 1.29 is 52.7 Å². The van der Waals surface area contributed by atoms with Crippen LogP contribution in [0.5, 0.6) is 11.5 Å². The van der Waals surface area contributed by atoms with Gasteiger partial charge in [0.25, 0.3) is 0 Å². The quantitative estimate of drug-likeness (QED) is 0.206. The van der Waals surface area contributed by atoms with Crippen LogP contribution in [-0.4, -0.2) is 88.9 Å². The molecule has 1 saturated heterocycles. The van der Waals surface area contributed by atoms with Gasteiger partial charge >= 0.3 is 24.2 Å². The number of benzene rings is 2. The van der Waals surface area contributed by atoms with Crippen molar-refractivity contribution in [1.82, 2.24) is 10.2 Å². The molecule has 4 aliphatic rings. The van der Waals surface area contributed by atoms with Crippen molar-refractivity contribution in [3.63, 3.8) is 0 Å². The Kier molecular flexibility index (Phi) is 9.82. The van der Waals surface area contributed by atoms with E-state index in [4.69, 9.17) is 28.4 Å². The van der Waals surface area contributed by atoms with Gasteiger partial charge in [0.1, 0.15) is 23.0 Å². The molecule has 2 N–H and O–H groups in total. The summed E-state index contributed by atoms with van der Waals surface area (Å²) in [5.74, 6) is -1.05. The molecule has 1 amide bonds. The Morgan fingerprint density at radius 2 is 1.66 bits per heavy atom. The van der Waals surface area contributed by atoms with Crippen molar-refractivity contribution >= 4 is 24.2 Å². The highest BCUT2D eigenvalue weighted by molar-refractivity contribution is 5.85. The molecule has 13 heteroatoms. The van der Waals surface area contributed by atoms with Gasteiger partial charge in [0.05, 0.1) is 11.0 Å². The lowest BCUT2D eigenvalue weighted by Gasteiger charge is -2.52. The Labute approximate surface area is 309 Å². The van der Waals surface area contributed by atoms with E-state index in [0.29, 0.717) is 12.0 Å². The number of nitrogens with one attached hydrogen (secondary N) is 1. The summed E-state index contributed by atoms with van der Waals surface area (Å²) in [5, 5.41) is 15.3. The summed E-state index contributed by atoms with van der Waals surface area (Å²) in [6.45, 7) is 14.4. The third kappa shape index (κ3) is 7.20. The van der Waals surface area contributed by atoms with Crippen LogP contribution in [-0.2, 0) is 40.4 Å². The molecule has 2 aromatic rings. The van der Waals surface area contributed by atoms with E-state index in [1.54, 1.807) is 65.8 Å². The minimum Gasteiger partial charge on any atom is -0.477 e. The molecule has 2 aliphatic heterocycles. The number of amides is 1. The van der Waals surface area contributed by atoms with E-state index in [2.05, 4.69) is 10.2 Å². The van der Waals surface area contributed by atoms with Gasteiger partial charge in [0.2, 0.25) is 0 Å². The van der Waals surface area contributed by atoms with Gasteiger partial charge in [-0.15, -0.1) is 0 Å². The van der Waals surface area contributed by atoms with E-state index in [1.807, 2.05) is 38.2 Å². The first-order valence-corrected chi connectivity index (χ1v) is 18.0. The number of likely N-dealkylation sites (tertiary alicyclic amines) is 1. The minimum atomic E-state index is -1.39. The summed E-state index contributed by atoms with van der Waals surface area (Å²) in [4.78, 5) is 54.8. The Morgan fingerprint density at radius 1 is 0.981 bits per heavy atom. The second-order valence-corrected chi connectivity index (χ2v) is 16.6. The summed E-state index contributed by atoms with van der Waals surface area (Å²) < 4.78 is 34.7. The number of likely N-dealkylation sites (N-methyl/N-ethyl adjacent to an activating group) is 1. The third-order valence-electron chi connectivity index (χ3n) is 10.3. The first-order chi connectivity index (χ1) is 24.7. The minimum absolute atomic E-state index is 0.0882. The number of carbonyl (C=O) groups is 4. The average molecular weight is 735 g/mol. The van der Waals surface area contributed by atoms with Crippen LogP contribution in [0.25, 0.3) is 0 Å². The number of aliphatic hydroxyl groups is 1. The Morgan fingerprint density at radius 3 is 2.30 bits per heavy atom. The highest BCUT2D eigenvalue weighted by Gasteiger charge is 2.76. The maximum Gasteiger partial charge on any atom is 0.514 e. The summed E-state index contributed by atoms with van der Waals surface area (Å²) in [6.07, 6.45) is -1.65. The predicted octanol–water partition coefficient (Wildman–Crippen LogP) is 5.27. The lowest BCUT2D eigenvalue weighted by atomic mass is 9.60. The second-order valence-electron chi connectivity index (χ2n) is 16.6. The van der Waals surface area contributed by atoms with Crippen LogP contribution in [0.15, 0.2) is 54.3 Å². The zero-order chi connectivity index (χ0) is 38.7. The molecule has 0 radical (unpaired) electrons. The molecule has 7 atom stereocenters. The summed E-state index contributed by atoms with van der Waals surface area (Å²) in [7, 11) is 1.97. The number of esters is 2. The molecule has 2 heterocycles. The Bertz CT molecular complexity index is 1810. The molecule has 2 aromatic carbocycles. The molecule has 1 spiro atoms. The van der Waals surface area contributed by atoms with E-state index in [0.717, 1.165) is 17.7 Å². The monoisotopic (exact) mass is 734 g/mol. The van der Waals surface area contributed by atoms with Gasteiger partial charge in [-0.3, -0.25) is 4.90 Å². The van der Waals surface area contributed by atoms with Crippen LogP contribution in [0.3, 0.4) is 0 Å². The molecule has 1 saturated carbocycles. The summed E-state index contributed by atoms with van der Waals surface area (Å²) in [6, 6.07) is 11.1.